The molecule has 2 fully saturated rings. The number of halogens is 1. The minimum Gasteiger partial charge on any atom is -0.444 e. The normalized spacial score (nSPS) is 21.5. The topological polar surface area (TPSA) is 133 Å². The van der Waals surface area contributed by atoms with Crippen molar-refractivity contribution in [3.8, 4) is 0 Å². The number of fused-ring (bicyclic) bond motifs is 1. The van der Waals surface area contributed by atoms with Crippen molar-refractivity contribution in [3.63, 3.8) is 0 Å². The zero-order valence-corrected chi connectivity index (χ0v) is 22.8. The molecule has 37 heavy (non-hydrogen) atoms. The molecule has 5 rings (SSSR count). The van der Waals surface area contributed by atoms with E-state index in [-0.39, 0.29) is 23.4 Å². The van der Waals surface area contributed by atoms with Gasteiger partial charge in [0.05, 0.1) is 30.0 Å². The first-order valence-electron chi connectivity index (χ1n) is 12.2. The van der Waals surface area contributed by atoms with Crippen LogP contribution in [0.1, 0.15) is 40.5 Å². The van der Waals surface area contributed by atoms with Gasteiger partial charge in [0.1, 0.15) is 22.8 Å². The van der Waals surface area contributed by atoms with Crippen LogP contribution in [0.25, 0.3) is 5.65 Å². The van der Waals surface area contributed by atoms with Crippen LogP contribution >= 0.6 is 23.4 Å². The number of ether oxygens (including phenoxy) is 2. The van der Waals surface area contributed by atoms with E-state index in [4.69, 9.17) is 31.8 Å². The lowest BCUT2D eigenvalue weighted by molar-refractivity contribution is 0.0434. The van der Waals surface area contributed by atoms with Crippen molar-refractivity contribution in [3.05, 3.63) is 29.8 Å². The summed E-state index contributed by atoms with van der Waals surface area (Å²) in [6.45, 7) is 9.68. The average molecular weight is 547 g/mol. The summed E-state index contributed by atoms with van der Waals surface area (Å²) in [7, 11) is 0. The van der Waals surface area contributed by atoms with E-state index in [1.54, 1.807) is 23.0 Å². The highest BCUT2D eigenvalue weighted by atomic mass is 35.5. The fourth-order valence-electron chi connectivity index (χ4n) is 5.01. The molecule has 2 atom stereocenters. The standard InChI is InChI=1S/C24H31ClN8O3S/c1-14-18(31-22(34)36-23(2,3)4)24(12-35-14)6-9-32(10-7-24)20-21-29-13-30-33(21)16(11-28-20)37-15-5-8-27-19(26)17(15)25/h5,8,11,13-14,18H,6-7,9-10,12H2,1-4H3,(H2,26,27)(H,31,34)/t14-,18+/m0/s1. The van der Waals surface area contributed by atoms with Gasteiger partial charge in [-0.05, 0) is 46.6 Å². The lowest BCUT2D eigenvalue weighted by Gasteiger charge is -2.43. The van der Waals surface area contributed by atoms with Gasteiger partial charge >= 0.3 is 6.09 Å². The monoisotopic (exact) mass is 546 g/mol. The van der Waals surface area contributed by atoms with Crippen molar-refractivity contribution in [1.29, 1.82) is 0 Å². The highest BCUT2D eigenvalue weighted by molar-refractivity contribution is 7.99. The molecule has 13 heteroatoms. The summed E-state index contributed by atoms with van der Waals surface area (Å²) in [6, 6.07) is 1.68. The van der Waals surface area contributed by atoms with Crippen LogP contribution in [-0.2, 0) is 9.47 Å². The summed E-state index contributed by atoms with van der Waals surface area (Å²) in [5, 5.41) is 8.67. The molecule has 2 aliphatic rings. The van der Waals surface area contributed by atoms with Crippen LogP contribution in [0, 0.1) is 5.41 Å². The molecule has 198 valence electrons. The quantitative estimate of drug-likeness (QED) is 0.497. The second-order valence-corrected chi connectivity index (χ2v) is 12.0. The van der Waals surface area contributed by atoms with E-state index in [2.05, 4.69) is 25.3 Å². The SMILES string of the molecule is C[C@@H]1OCC2(CCN(c3ncc(Sc4ccnc(N)c4Cl)n4ncnc34)CC2)[C@@H]1NC(=O)OC(C)(C)C. The van der Waals surface area contributed by atoms with E-state index in [9.17, 15) is 4.79 Å². The smallest absolute Gasteiger partial charge is 0.407 e. The van der Waals surface area contributed by atoms with Crippen molar-refractivity contribution in [2.45, 2.75) is 68.2 Å². The number of anilines is 2. The molecule has 2 aliphatic heterocycles. The maximum absolute atomic E-state index is 12.5. The number of nitrogens with two attached hydrogens (primary N) is 1. The van der Waals surface area contributed by atoms with Gasteiger partial charge in [-0.1, -0.05) is 23.4 Å². The zero-order chi connectivity index (χ0) is 26.4. The van der Waals surface area contributed by atoms with E-state index < -0.39 is 11.7 Å². The number of hydrogen-bond acceptors (Lipinski definition) is 10. The molecule has 3 N–H and O–H groups in total. The van der Waals surface area contributed by atoms with Gasteiger partial charge in [0.25, 0.3) is 0 Å². The predicted octanol–water partition coefficient (Wildman–Crippen LogP) is 3.80. The second kappa shape index (κ2) is 9.80. The molecular formula is C24H31ClN8O3S. The van der Waals surface area contributed by atoms with Gasteiger partial charge in [-0.3, -0.25) is 0 Å². The zero-order valence-electron chi connectivity index (χ0n) is 21.3. The van der Waals surface area contributed by atoms with Crippen LogP contribution in [0.5, 0.6) is 0 Å². The van der Waals surface area contributed by atoms with Crippen LogP contribution in [0.15, 0.2) is 34.7 Å². The first-order valence-corrected chi connectivity index (χ1v) is 13.4. The van der Waals surface area contributed by atoms with Gasteiger partial charge < -0.3 is 25.4 Å². The van der Waals surface area contributed by atoms with Gasteiger partial charge in [-0.2, -0.15) is 5.10 Å². The Labute approximate surface area is 224 Å². The summed E-state index contributed by atoms with van der Waals surface area (Å²) in [6.07, 6.45) is 6.08. The Morgan fingerprint density at radius 2 is 2.05 bits per heavy atom. The lowest BCUT2D eigenvalue weighted by Crippen LogP contribution is -2.55. The molecule has 3 aromatic heterocycles. The summed E-state index contributed by atoms with van der Waals surface area (Å²) < 4.78 is 13.3. The molecule has 1 amide bonds. The highest BCUT2D eigenvalue weighted by Gasteiger charge is 2.50. The van der Waals surface area contributed by atoms with Crippen molar-refractivity contribution < 1.29 is 14.3 Å². The first kappa shape index (κ1) is 25.8. The Bertz CT molecular complexity index is 1300. The van der Waals surface area contributed by atoms with Crippen molar-refractivity contribution in [1.82, 2.24) is 29.9 Å². The number of nitrogens with zero attached hydrogens (tertiary/aromatic N) is 6. The number of nitrogens with one attached hydrogen (secondary N) is 1. The third-order valence-corrected chi connectivity index (χ3v) is 8.40. The number of amides is 1. The fraction of sp³-hybridized carbons (Fsp3) is 0.542. The third-order valence-electron chi connectivity index (χ3n) is 6.84. The summed E-state index contributed by atoms with van der Waals surface area (Å²) in [5.74, 6) is 1.04. The molecular weight excluding hydrogens is 516 g/mol. The summed E-state index contributed by atoms with van der Waals surface area (Å²) in [5.41, 5.74) is 5.80. The largest absolute Gasteiger partial charge is 0.444 e. The Morgan fingerprint density at radius 1 is 1.30 bits per heavy atom. The van der Waals surface area contributed by atoms with Crippen LogP contribution in [0.2, 0.25) is 5.02 Å². The Balaban J connectivity index is 1.32. The number of aromatic nitrogens is 5. The van der Waals surface area contributed by atoms with Crippen LogP contribution in [0.4, 0.5) is 16.4 Å². The number of nitrogen functional groups attached to an aromatic ring is 1. The predicted molar refractivity (Wildman–Crippen MR) is 141 cm³/mol. The number of alkyl carbamates (subject to hydrolysis) is 1. The van der Waals surface area contributed by atoms with Gasteiger partial charge in [-0.15, -0.1) is 0 Å². The molecule has 1 spiro atoms. The first-order chi connectivity index (χ1) is 17.6. The number of hydrogen-bond donors (Lipinski definition) is 2. The minimum absolute atomic E-state index is 0.0919. The Kier molecular flexibility index (Phi) is 6.84. The van der Waals surface area contributed by atoms with Gasteiger partial charge in [0.15, 0.2) is 11.5 Å². The molecule has 11 nitrogen and oxygen atoms in total. The molecule has 2 saturated heterocycles. The lowest BCUT2D eigenvalue weighted by atomic mass is 9.73. The Hall–Kier alpha value is -2.83. The third kappa shape index (κ3) is 5.14. The fourth-order valence-corrected chi connectivity index (χ4v) is 6.12. The highest BCUT2D eigenvalue weighted by Crippen LogP contribution is 2.43. The van der Waals surface area contributed by atoms with Gasteiger partial charge in [-0.25, -0.2) is 24.3 Å². The van der Waals surface area contributed by atoms with Crippen molar-refractivity contribution in [2.24, 2.45) is 5.41 Å². The van der Waals surface area contributed by atoms with Gasteiger partial charge in [0.2, 0.25) is 0 Å². The molecule has 0 radical (unpaired) electrons. The maximum Gasteiger partial charge on any atom is 0.407 e. The molecule has 0 bridgehead atoms. The van der Waals surface area contributed by atoms with E-state index in [0.717, 1.165) is 41.7 Å². The number of pyridine rings is 1. The second-order valence-electron chi connectivity index (χ2n) is 10.5. The van der Waals surface area contributed by atoms with E-state index in [1.807, 2.05) is 27.7 Å². The van der Waals surface area contributed by atoms with Crippen LogP contribution < -0.4 is 16.0 Å². The summed E-state index contributed by atoms with van der Waals surface area (Å²) >= 11 is 7.74. The number of carbonyl (C=O) groups is 1. The Morgan fingerprint density at radius 3 is 2.78 bits per heavy atom. The van der Waals surface area contributed by atoms with Crippen molar-refractivity contribution in [2.75, 3.05) is 30.3 Å². The number of rotatable bonds is 4. The molecule has 5 heterocycles. The molecule has 3 aromatic rings. The van der Waals surface area contributed by atoms with E-state index in [0.29, 0.717) is 17.3 Å². The van der Waals surface area contributed by atoms with Crippen LogP contribution in [-0.4, -0.2) is 68.1 Å². The van der Waals surface area contributed by atoms with Crippen molar-refractivity contribution >= 4 is 46.7 Å². The summed E-state index contributed by atoms with van der Waals surface area (Å²) in [4.78, 5) is 28.8. The number of piperidine rings is 1. The minimum atomic E-state index is -0.557. The molecule has 0 unspecified atom stereocenters. The molecule has 0 aliphatic carbocycles. The van der Waals surface area contributed by atoms with Crippen LogP contribution in [0.3, 0.4) is 0 Å². The van der Waals surface area contributed by atoms with E-state index >= 15 is 0 Å². The average Bonchev–Trinajstić information content (AvgIpc) is 3.44. The maximum atomic E-state index is 12.5. The molecule has 0 aromatic carbocycles. The van der Waals surface area contributed by atoms with E-state index in [1.165, 1.54) is 18.1 Å². The molecule has 0 saturated carbocycles. The number of carbonyl (C=O) groups excluding carboxylic acids is 1. The van der Waals surface area contributed by atoms with Gasteiger partial charge in [0, 0.05) is 29.6 Å².